The third-order valence-corrected chi connectivity index (χ3v) is 4.13. The first-order valence-electron chi connectivity index (χ1n) is 8.07. The fourth-order valence-corrected chi connectivity index (χ4v) is 2.78. The van der Waals surface area contributed by atoms with Crippen LogP contribution in [0.2, 0.25) is 0 Å². The molecule has 0 saturated carbocycles. The van der Waals surface area contributed by atoms with Gasteiger partial charge in [-0.15, -0.1) is 0 Å². The first kappa shape index (κ1) is 19.7. The van der Waals surface area contributed by atoms with Crippen LogP contribution in [0.4, 0.5) is 13.2 Å². The van der Waals surface area contributed by atoms with Crippen molar-refractivity contribution in [3.63, 3.8) is 0 Å². The predicted molar refractivity (Wildman–Crippen MR) is 87.1 cm³/mol. The van der Waals surface area contributed by atoms with Crippen LogP contribution < -0.4 is 5.32 Å². The van der Waals surface area contributed by atoms with Gasteiger partial charge in [-0.05, 0) is 30.5 Å². The van der Waals surface area contributed by atoms with Gasteiger partial charge in [0, 0.05) is 32.7 Å². The molecule has 1 aliphatic rings. The summed E-state index contributed by atoms with van der Waals surface area (Å²) in [6, 6.07) is 5.42. The number of carbonyl (C=O) groups excluding carboxylic acids is 3. The van der Waals surface area contributed by atoms with Crippen molar-refractivity contribution in [1.82, 2.24) is 15.1 Å². The number of amides is 3. The number of hydrogen-bond donors (Lipinski definition) is 1. The lowest BCUT2D eigenvalue weighted by Gasteiger charge is -2.24. The average Bonchev–Trinajstić information content (AvgIpc) is 3.07. The van der Waals surface area contributed by atoms with Crippen molar-refractivity contribution in [1.29, 1.82) is 0 Å². The Labute approximate surface area is 148 Å². The first-order valence-corrected chi connectivity index (χ1v) is 8.07. The van der Waals surface area contributed by atoms with Gasteiger partial charge in [-0.2, -0.15) is 13.2 Å². The number of halogens is 3. The Bertz CT molecular complexity index is 687. The molecule has 1 fully saturated rings. The molecule has 0 aliphatic carbocycles. The summed E-state index contributed by atoms with van der Waals surface area (Å²) in [7, 11) is 3.26. The van der Waals surface area contributed by atoms with Gasteiger partial charge in [0.1, 0.15) is 6.04 Å². The van der Waals surface area contributed by atoms with Gasteiger partial charge in [0.2, 0.25) is 5.91 Å². The minimum Gasteiger partial charge on any atom is -0.350 e. The maximum atomic E-state index is 12.6. The Morgan fingerprint density at radius 1 is 1.19 bits per heavy atom. The molecule has 1 atom stereocenters. The van der Waals surface area contributed by atoms with Gasteiger partial charge in [-0.1, -0.05) is 12.1 Å². The second-order valence-electron chi connectivity index (χ2n) is 6.27. The topological polar surface area (TPSA) is 69.7 Å². The van der Waals surface area contributed by atoms with Crippen LogP contribution in [-0.4, -0.2) is 60.4 Å². The number of nitrogens with zero attached hydrogens (tertiary/aromatic N) is 2. The van der Waals surface area contributed by atoms with Gasteiger partial charge in [-0.25, -0.2) is 0 Å². The van der Waals surface area contributed by atoms with E-state index in [1.807, 2.05) is 0 Å². The van der Waals surface area contributed by atoms with Gasteiger partial charge in [-0.3, -0.25) is 14.4 Å². The van der Waals surface area contributed by atoms with Crippen LogP contribution in [0.5, 0.6) is 0 Å². The second kappa shape index (κ2) is 7.76. The number of rotatable bonds is 4. The maximum absolute atomic E-state index is 12.6. The summed E-state index contributed by atoms with van der Waals surface area (Å²) in [5, 5.41) is 2.55. The van der Waals surface area contributed by atoms with Crippen molar-refractivity contribution in [2.24, 2.45) is 0 Å². The Balaban J connectivity index is 1.96. The number of likely N-dealkylation sites (tertiary alicyclic amines) is 1. The molecule has 1 N–H and O–H groups in total. The van der Waals surface area contributed by atoms with Crippen molar-refractivity contribution in [2.45, 2.75) is 31.6 Å². The molecule has 1 heterocycles. The third-order valence-electron chi connectivity index (χ3n) is 4.13. The highest BCUT2D eigenvalue weighted by atomic mass is 19.4. The molecule has 1 aromatic rings. The predicted octanol–water partition coefficient (Wildman–Crippen LogP) is 1.56. The van der Waals surface area contributed by atoms with Crippen LogP contribution in [0.1, 0.15) is 28.8 Å². The largest absolute Gasteiger partial charge is 0.471 e. The number of alkyl halides is 3. The van der Waals surface area contributed by atoms with Crippen molar-refractivity contribution in [3.8, 4) is 0 Å². The van der Waals surface area contributed by atoms with E-state index in [9.17, 15) is 27.6 Å². The summed E-state index contributed by atoms with van der Waals surface area (Å²) < 4.78 is 37.8. The molecule has 0 spiro atoms. The summed E-state index contributed by atoms with van der Waals surface area (Å²) in [6.45, 7) is 0.0115. The van der Waals surface area contributed by atoms with Crippen molar-refractivity contribution < 1.29 is 27.6 Å². The van der Waals surface area contributed by atoms with E-state index in [-0.39, 0.29) is 25.4 Å². The molecule has 1 aromatic carbocycles. The molecular formula is C17H20F3N3O3. The standard InChI is InChI=1S/C17H20F3N3O3/c1-22(2)15(25)12-7-5-11(6-8-12)10-21-14(24)13-4-3-9-23(13)16(26)17(18,19)20/h5-8,13H,3-4,9-10H2,1-2H3,(H,21,24). The molecule has 1 saturated heterocycles. The number of nitrogens with one attached hydrogen (secondary N) is 1. The van der Waals surface area contributed by atoms with E-state index in [2.05, 4.69) is 5.32 Å². The lowest BCUT2D eigenvalue weighted by atomic mass is 10.1. The molecular weight excluding hydrogens is 351 g/mol. The van der Waals surface area contributed by atoms with Gasteiger partial charge < -0.3 is 15.1 Å². The number of carbonyl (C=O) groups is 3. The molecule has 1 unspecified atom stereocenters. The molecule has 0 aromatic heterocycles. The zero-order valence-electron chi connectivity index (χ0n) is 14.5. The van der Waals surface area contributed by atoms with Crippen LogP contribution in [-0.2, 0) is 16.1 Å². The van der Waals surface area contributed by atoms with E-state index in [4.69, 9.17) is 0 Å². The summed E-state index contributed by atoms with van der Waals surface area (Å²) in [5.41, 5.74) is 1.18. The van der Waals surface area contributed by atoms with E-state index >= 15 is 0 Å². The fourth-order valence-electron chi connectivity index (χ4n) is 2.78. The SMILES string of the molecule is CN(C)C(=O)c1ccc(CNC(=O)C2CCCN2C(=O)C(F)(F)F)cc1. The molecule has 2 rings (SSSR count). The quantitative estimate of drug-likeness (QED) is 0.873. The lowest BCUT2D eigenvalue weighted by molar-refractivity contribution is -0.186. The molecule has 0 bridgehead atoms. The lowest BCUT2D eigenvalue weighted by Crippen LogP contribution is -2.50. The Morgan fingerprint density at radius 3 is 2.35 bits per heavy atom. The van der Waals surface area contributed by atoms with Gasteiger partial charge in [0.15, 0.2) is 0 Å². The van der Waals surface area contributed by atoms with Gasteiger partial charge in [0.05, 0.1) is 0 Å². The zero-order valence-corrected chi connectivity index (χ0v) is 14.5. The second-order valence-corrected chi connectivity index (χ2v) is 6.27. The minimum absolute atomic E-state index is 0.0855. The molecule has 6 nitrogen and oxygen atoms in total. The monoisotopic (exact) mass is 371 g/mol. The smallest absolute Gasteiger partial charge is 0.350 e. The molecule has 9 heteroatoms. The maximum Gasteiger partial charge on any atom is 0.471 e. The fraction of sp³-hybridized carbons (Fsp3) is 0.471. The number of hydrogen-bond acceptors (Lipinski definition) is 3. The molecule has 1 aliphatic heterocycles. The highest BCUT2D eigenvalue weighted by Gasteiger charge is 2.47. The molecule has 3 amide bonds. The highest BCUT2D eigenvalue weighted by Crippen LogP contribution is 2.25. The summed E-state index contributed by atoms with van der Waals surface area (Å²) >= 11 is 0. The van der Waals surface area contributed by atoms with Gasteiger partial charge >= 0.3 is 12.1 Å². The average molecular weight is 371 g/mol. The first-order chi connectivity index (χ1) is 12.1. The van der Waals surface area contributed by atoms with Crippen LogP contribution in [0, 0.1) is 0 Å². The third kappa shape index (κ3) is 4.53. The van der Waals surface area contributed by atoms with Crippen LogP contribution >= 0.6 is 0 Å². The van der Waals surface area contributed by atoms with Gasteiger partial charge in [0.25, 0.3) is 5.91 Å². The van der Waals surface area contributed by atoms with Crippen molar-refractivity contribution in [2.75, 3.05) is 20.6 Å². The zero-order chi connectivity index (χ0) is 19.5. The Hall–Kier alpha value is -2.58. The normalized spacial score (nSPS) is 17.1. The highest BCUT2D eigenvalue weighted by molar-refractivity contribution is 5.94. The molecule has 26 heavy (non-hydrogen) atoms. The Morgan fingerprint density at radius 2 is 1.81 bits per heavy atom. The Kier molecular flexibility index (Phi) is 5.89. The summed E-state index contributed by atoms with van der Waals surface area (Å²) in [6.07, 6.45) is -4.44. The van der Waals surface area contributed by atoms with E-state index in [0.29, 0.717) is 22.4 Å². The van der Waals surface area contributed by atoms with E-state index < -0.39 is 24.0 Å². The molecule has 142 valence electrons. The number of benzene rings is 1. The minimum atomic E-state index is -4.99. The van der Waals surface area contributed by atoms with Crippen LogP contribution in [0.15, 0.2) is 24.3 Å². The van der Waals surface area contributed by atoms with Crippen molar-refractivity contribution in [3.05, 3.63) is 35.4 Å². The summed E-state index contributed by atoms with van der Waals surface area (Å²) in [5.74, 6) is -2.76. The van der Waals surface area contributed by atoms with Crippen LogP contribution in [0.25, 0.3) is 0 Å². The van der Waals surface area contributed by atoms with E-state index in [0.717, 1.165) is 0 Å². The van der Waals surface area contributed by atoms with E-state index in [1.54, 1.807) is 38.4 Å². The molecule has 0 radical (unpaired) electrons. The summed E-state index contributed by atoms with van der Waals surface area (Å²) in [4.78, 5) is 37.4. The van der Waals surface area contributed by atoms with E-state index in [1.165, 1.54) is 4.90 Å². The van der Waals surface area contributed by atoms with Crippen molar-refractivity contribution >= 4 is 17.7 Å². The van der Waals surface area contributed by atoms with Crippen LogP contribution in [0.3, 0.4) is 0 Å².